The number of amides is 1. The normalized spacial score (nSPS) is 15.0. The third-order valence-electron chi connectivity index (χ3n) is 5.64. The van der Waals surface area contributed by atoms with Crippen LogP contribution in [0, 0.1) is 5.92 Å². The van der Waals surface area contributed by atoms with Crippen LogP contribution in [0.1, 0.15) is 18.5 Å². The molecule has 2 aromatic carbocycles. The van der Waals surface area contributed by atoms with Crippen molar-refractivity contribution >= 4 is 11.6 Å². The van der Waals surface area contributed by atoms with E-state index >= 15 is 0 Å². The molecule has 5 heteroatoms. The number of pyridine rings is 1. The van der Waals surface area contributed by atoms with Crippen LogP contribution >= 0.6 is 0 Å². The number of anilines is 1. The van der Waals surface area contributed by atoms with Crippen LogP contribution in [0.3, 0.4) is 0 Å². The van der Waals surface area contributed by atoms with E-state index in [-0.39, 0.29) is 11.8 Å². The van der Waals surface area contributed by atoms with Crippen LogP contribution in [0.15, 0.2) is 72.9 Å². The van der Waals surface area contributed by atoms with Crippen molar-refractivity contribution < 1.29 is 9.53 Å². The summed E-state index contributed by atoms with van der Waals surface area (Å²) in [5.74, 6) is 0.931. The topological polar surface area (TPSA) is 54.5 Å². The smallest absolute Gasteiger partial charge is 0.227 e. The van der Waals surface area contributed by atoms with Crippen molar-refractivity contribution in [2.45, 2.75) is 19.4 Å². The van der Waals surface area contributed by atoms with E-state index < -0.39 is 0 Å². The zero-order valence-electron chi connectivity index (χ0n) is 17.3. The Hall–Kier alpha value is -3.18. The van der Waals surface area contributed by atoms with Crippen LogP contribution < -0.4 is 10.1 Å². The van der Waals surface area contributed by atoms with E-state index in [2.05, 4.69) is 15.2 Å². The number of methoxy groups -OCH3 is 1. The predicted octanol–water partition coefficient (Wildman–Crippen LogP) is 4.61. The molecule has 1 aliphatic heterocycles. The molecule has 2 heterocycles. The molecule has 5 nitrogen and oxygen atoms in total. The Morgan fingerprint density at radius 2 is 1.87 bits per heavy atom. The second kappa shape index (κ2) is 9.55. The maximum absolute atomic E-state index is 13.0. The molecule has 1 saturated heterocycles. The fraction of sp³-hybridized carbons (Fsp3) is 0.280. The van der Waals surface area contributed by atoms with Crippen molar-refractivity contribution in [1.82, 2.24) is 9.88 Å². The molecule has 0 radical (unpaired) electrons. The zero-order chi connectivity index (χ0) is 20.8. The molecule has 30 heavy (non-hydrogen) atoms. The van der Waals surface area contributed by atoms with Gasteiger partial charge in [0.2, 0.25) is 5.91 Å². The molecule has 1 fully saturated rings. The molecule has 0 spiro atoms. The number of nitrogens with one attached hydrogen (secondary N) is 1. The SMILES string of the molecule is COc1cccc(-c2ccccc2NC(=O)C2CCN(Cc3ccccn3)CC2)c1. The molecule has 3 aromatic rings. The first kappa shape index (κ1) is 20.1. The third-order valence-corrected chi connectivity index (χ3v) is 5.64. The molecule has 154 valence electrons. The standard InChI is InChI=1S/C25H27N3O2/c1-30-22-9-6-7-20(17-22)23-10-2-3-11-24(23)27-25(29)19-12-15-28(16-13-19)18-21-8-4-5-14-26-21/h2-11,14,17,19H,12-13,15-16,18H2,1H3,(H,27,29). The summed E-state index contributed by atoms with van der Waals surface area (Å²) in [4.78, 5) is 19.7. The van der Waals surface area contributed by atoms with E-state index in [0.717, 1.165) is 60.7 Å². The number of aromatic nitrogens is 1. The van der Waals surface area contributed by atoms with Crippen molar-refractivity contribution in [1.29, 1.82) is 0 Å². The van der Waals surface area contributed by atoms with E-state index in [4.69, 9.17) is 4.74 Å². The van der Waals surface area contributed by atoms with Gasteiger partial charge in [-0.05, 0) is 61.8 Å². The van der Waals surface area contributed by atoms with Gasteiger partial charge < -0.3 is 10.1 Å². The maximum atomic E-state index is 13.0. The minimum atomic E-state index is 0.0309. The molecule has 0 saturated carbocycles. The van der Waals surface area contributed by atoms with Gasteiger partial charge in [-0.15, -0.1) is 0 Å². The van der Waals surface area contributed by atoms with E-state index in [1.165, 1.54) is 0 Å². The molecular formula is C25H27N3O2. The Balaban J connectivity index is 1.39. The number of nitrogens with zero attached hydrogens (tertiary/aromatic N) is 2. The van der Waals surface area contributed by atoms with Crippen molar-refractivity contribution in [3.8, 4) is 16.9 Å². The average molecular weight is 402 g/mol. The fourth-order valence-corrected chi connectivity index (χ4v) is 3.94. The monoisotopic (exact) mass is 401 g/mol. The lowest BCUT2D eigenvalue weighted by atomic mass is 9.95. The number of piperidine rings is 1. The molecule has 0 atom stereocenters. The molecule has 1 N–H and O–H groups in total. The highest BCUT2D eigenvalue weighted by molar-refractivity contribution is 5.96. The summed E-state index contributed by atoms with van der Waals surface area (Å²) in [6.07, 6.45) is 3.55. The van der Waals surface area contributed by atoms with Gasteiger partial charge in [-0.2, -0.15) is 0 Å². The summed E-state index contributed by atoms with van der Waals surface area (Å²) in [5, 5.41) is 3.17. The van der Waals surface area contributed by atoms with Crippen LogP contribution in [0.25, 0.3) is 11.1 Å². The van der Waals surface area contributed by atoms with E-state index in [1.807, 2.05) is 72.9 Å². The highest BCUT2D eigenvalue weighted by Crippen LogP contribution is 2.31. The number of benzene rings is 2. The van der Waals surface area contributed by atoms with Crippen molar-refractivity contribution in [3.63, 3.8) is 0 Å². The third kappa shape index (κ3) is 4.86. The summed E-state index contributed by atoms with van der Waals surface area (Å²) in [6, 6.07) is 21.8. The number of carbonyl (C=O) groups excluding carboxylic acids is 1. The molecule has 1 aliphatic rings. The second-order valence-corrected chi connectivity index (χ2v) is 7.64. The summed E-state index contributed by atoms with van der Waals surface area (Å²) in [7, 11) is 1.66. The highest BCUT2D eigenvalue weighted by atomic mass is 16.5. The second-order valence-electron chi connectivity index (χ2n) is 7.64. The molecule has 0 aliphatic carbocycles. The Morgan fingerprint density at radius 1 is 1.07 bits per heavy atom. The number of carbonyl (C=O) groups is 1. The summed E-state index contributed by atoms with van der Waals surface area (Å²) in [6.45, 7) is 2.66. The quantitative estimate of drug-likeness (QED) is 0.655. The number of rotatable bonds is 6. The highest BCUT2D eigenvalue weighted by Gasteiger charge is 2.25. The number of para-hydroxylation sites is 1. The van der Waals surface area contributed by atoms with E-state index in [9.17, 15) is 4.79 Å². The summed E-state index contributed by atoms with van der Waals surface area (Å²) >= 11 is 0. The first-order valence-electron chi connectivity index (χ1n) is 10.4. The molecule has 1 amide bonds. The van der Waals surface area contributed by atoms with Gasteiger partial charge in [-0.1, -0.05) is 36.4 Å². The van der Waals surface area contributed by atoms with Crippen LogP contribution in [0.4, 0.5) is 5.69 Å². The van der Waals surface area contributed by atoms with Gasteiger partial charge in [0, 0.05) is 29.9 Å². The molecule has 0 bridgehead atoms. The maximum Gasteiger partial charge on any atom is 0.227 e. The molecule has 1 aromatic heterocycles. The van der Waals surface area contributed by atoms with Crippen LogP contribution in [-0.2, 0) is 11.3 Å². The fourth-order valence-electron chi connectivity index (χ4n) is 3.94. The summed E-state index contributed by atoms with van der Waals surface area (Å²) < 4.78 is 5.35. The minimum Gasteiger partial charge on any atom is -0.497 e. The largest absolute Gasteiger partial charge is 0.497 e. The van der Waals surface area contributed by atoms with Gasteiger partial charge in [0.25, 0.3) is 0 Å². The van der Waals surface area contributed by atoms with Gasteiger partial charge in [-0.3, -0.25) is 14.7 Å². The van der Waals surface area contributed by atoms with Crippen molar-refractivity contribution in [2.75, 3.05) is 25.5 Å². The first-order valence-corrected chi connectivity index (χ1v) is 10.4. The molecular weight excluding hydrogens is 374 g/mol. The van der Waals surface area contributed by atoms with Gasteiger partial charge in [0.05, 0.1) is 12.8 Å². The lowest BCUT2D eigenvalue weighted by Gasteiger charge is -2.31. The molecule has 4 rings (SSSR count). The lowest BCUT2D eigenvalue weighted by Crippen LogP contribution is -2.38. The van der Waals surface area contributed by atoms with E-state index in [1.54, 1.807) is 7.11 Å². The zero-order valence-corrected chi connectivity index (χ0v) is 17.3. The first-order chi connectivity index (χ1) is 14.7. The Labute approximate surface area is 177 Å². The Morgan fingerprint density at radius 3 is 2.63 bits per heavy atom. The van der Waals surface area contributed by atoms with Gasteiger partial charge in [-0.25, -0.2) is 0 Å². The predicted molar refractivity (Wildman–Crippen MR) is 119 cm³/mol. The van der Waals surface area contributed by atoms with Crippen LogP contribution in [-0.4, -0.2) is 36.0 Å². The van der Waals surface area contributed by atoms with Gasteiger partial charge in [0.1, 0.15) is 5.75 Å². The van der Waals surface area contributed by atoms with Crippen molar-refractivity contribution in [3.05, 3.63) is 78.6 Å². The van der Waals surface area contributed by atoms with E-state index in [0.29, 0.717) is 0 Å². The Bertz CT molecular complexity index is 982. The van der Waals surface area contributed by atoms with Crippen molar-refractivity contribution in [2.24, 2.45) is 5.92 Å². The number of hydrogen-bond acceptors (Lipinski definition) is 4. The number of likely N-dealkylation sites (tertiary alicyclic amines) is 1. The summed E-state index contributed by atoms with van der Waals surface area (Å²) in [5.41, 5.74) is 3.94. The van der Waals surface area contributed by atoms with Crippen LogP contribution in [0.2, 0.25) is 0 Å². The minimum absolute atomic E-state index is 0.0309. The lowest BCUT2D eigenvalue weighted by molar-refractivity contribution is -0.121. The van der Waals surface area contributed by atoms with Crippen LogP contribution in [0.5, 0.6) is 5.75 Å². The average Bonchev–Trinajstić information content (AvgIpc) is 2.80. The van der Waals surface area contributed by atoms with Gasteiger partial charge in [0.15, 0.2) is 0 Å². The number of ether oxygens (including phenoxy) is 1. The number of hydrogen-bond donors (Lipinski definition) is 1. The molecule has 0 unspecified atom stereocenters. The Kier molecular flexibility index (Phi) is 6.40. The van der Waals surface area contributed by atoms with Gasteiger partial charge >= 0.3 is 0 Å².